The van der Waals surface area contributed by atoms with Gasteiger partial charge in [0.15, 0.2) is 0 Å². The number of nitrogens with two attached hydrogens (primary N) is 1. The van der Waals surface area contributed by atoms with Crippen LogP contribution in [-0.2, 0) is 6.54 Å². The Balaban J connectivity index is 2.40. The van der Waals surface area contributed by atoms with Crippen LogP contribution in [0.3, 0.4) is 0 Å². The zero-order chi connectivity index (χ0) is 12.3. The summed E-state index contributed by atoms with van der Waals surface area (Å²) < 4.78 is 0. The average Bonchev–Trinajstić information content (AvgIpc) is 2.39. The Hall–Kier alpha value is -1.94. The Morgan fingerprint density at radius 2 is 1.88 bits per heavy atom. The van der Waals surface area contributed by atoms with E-state index in [0.717, 1.165) is 22.6 Å². The molecule has 0 aliphatic carbocycles. The van der Waals surface area contributed by atoms with Crippen molar-refractivity contribution in [2.75, 3.05) is 19.0 Å². The molecule has 0 unspecified atom stereocenters. The SMILES string of the molecule is CN(C)c1cnc(-c2ccccc2CN)cn1. The second kappa shape index (κ2) is 4.93. The minimum absolute atomic E-state index is 0.507. The highest BCUT2D eigenvalue weighted by Crippen LogP contribution is 2.21. The van der Waals surface area contributed by atoms with Crippen LogP contribution >= 0.6 is 0 Å². The molecule has 1 heterocycles. The standard InChI is InChI=1S/C13H16N4/c1-17(2)13-9-15-12(8-16-13)11-6-4-3-5-10(11)7-14/h3-6,8-9H,7,14H2,1-2H3. The summed E-state index contributed by atoms with van der Waals surface area (Å²) in [5, 5.41) is 0. The predicted molar refractivity (Wildman–Crippen MR) is 69.7 cm³/mol. The van der Waals surface area contributed by atoms with E-state index in [4.69, 9.17) is 5.73 Å². The molecule has 0 saturated heterocycles. The van der Waals surface area contributed by atoms with E-state index in [1.54, 1.807) is 12.4 Å². The van der Waals surface area contributed by atoms with Crippen LogP contribution < -0.4 is 10.6 Å². The lowest BCUT2D eigenvalue weighted by molar-refractivity contribution is 1.03. The van der Waals surface area contributed by atoms with E-state index < -0.39 is 0 Å². The highest BCUT2D eigenvalue weighted by atomic mass is 15.1. The van der Waals surface area contributed by atoms with Gasteiger partial charge in [0.25, 0.3) is 0 Å². The number of benzene rings is 1. The van der Waals surface area contributed by atoms with Gasteiger partial charge < -0.3 is 10.6 Å². The molecule has 88 valence electrons. The van der Waals surface area contributed by atoms with Crippen LogP contribution in [0.4, 0.5) is 5.82 Å². The molecule has 2 aromatic rings. The summed E-state index contributed by atoms with van der Waals surface area (Å²) in [5.74, 6) is 0.846. The van der Waals surface area contributed by atoms with Gasteiger partial charge in [0.1, 0.15) is 5.82 Å². The first-order chi connectivity index (χ1) is 8.22. The molecule has 4 heteroatoms. The smallest absolute Gasteiger partial charge is 0.146 e. The number of aromatic nitrogens is 2. The van der Waals surface area contributed by atoms with Crippen molar-refractivity contribution >= 4 is 5.82 Å². The molecular formula is C13H16N4. The molecule has 0 spiro atoms. The van der Waals surface area contributed by atoms with Crippen LogP contribution in [0.2, 0.25) is 0 Å². The Bertz CT molecular complexity index is 491. The van der Waals surface area contributed by atoms with Crippen molar-refractivity contribution in [3.05, 3.63) is 42.2 Å². The topological polar surface area (TPSA) is 55.0 Å². The first kappa shape index (κ1) is 11.5. The minimum Gasteiger partial charge on any atom is -0.361 e. The summed E-state index contributed by atoms with van der Waals surface area (Å²) in [5.41, 5.74) is 8.70. The number of hydrogen-bond donors (Lipinski definition) is 1. The molecule has 0 amide bonds. The van der Waals surface area contributed by atoms with Gasteiger partial charge in [-0.2, -0.15) is 0 Å². The Morgan fingerprint density at radius 3 is 2.47 bits per heavy atom. The first-order valence-electron chi connectivity index (χ1n) is 5.50. The first-order valence-corrected chi connectivity index (χ1v) is 5.50. The predicted octanol–water partition coefficient (Wildman–Crippen LogP) is 1.67. The largest absolute Gasteiger partial charge is 0.361 e. The maximum atomic E-state index is 5.71. The minimum atomic E-state index is 0.507. The third-order valence-electron chi connectivity index (χ3n) is 2.61. The molecule has 0 saturated carbocycles. The normalized spacial score (nSPS) is 10.3. The fourth-order valence-corrected chi connectivity index (χ4v) is 1.64. The molecule has 0 fully saturated rings. The van der Waals surface area contributed by atoms with Crippen LogP contribution in [-0.4, -0.2) is 24.1 Å². The van der Waals surface area contributed by atoms with E-state index in [1.807, 2.05) is 43.3 Å². The van der Waals surface area contributed by atoms with Gasteiger partial charge in [-0.1, -0.05) is 24.3 Å². The third kappa shape index (κ3) is 2.42. The molecule has 0 atom stereocenters. The summed E-state index contributed by atoms with van der Waals surface area (Å²) >= 11 is 0. The zero-order valence-electron chi connectivity index (χ0n) is 10.1. The maximum absolute atomic E-state index is 5.71. The van der Waals surface area contributed by atoms with Crippen LogP contribution in [0.5, 0.6) is 0 Å². The van der Waals surface area contributed by atoms with Crippen molar-refractivity contribution in [3.8, 4) is 11.3 Å². The molecule has 17 heavy (non-hydrogen) atoms. The van der Waals surface area contributed by atoms with Gasteiger partial charge in [-0.3, -0.25) is 4.98 Å². The highest BCUT2D eigenvalue weighted by molar-refractivity contribution is 5.63. The lowest BCUT2D eigenvalue weighted by Gasteiger charge is -2.11. The molecular weight excluding hydrogens is 212 g/mol. The van der Waals surface area contributed by atoms with E-state index in [0.29, 0.717) is 6.54 Å². The van der Waals surface area contributed by atoms with E-state index in [1.165, 1.54) is 0 Å². The van der Waals surface area contributed by atoms with E-state index in [2.05, 4.69) is 9.97 Å². The second-order valence-electron chi connectivity index (χ2n) is 4.02. The lowest BCUT2D eigenvalue weighted by atomic mass is 10.1. The molecule has 0 aliphatic rings. The van der Waals surface area contributed by atoms with E-state index in [-0.39, 0.29) is 0 Å². The van der Waals surface area contributed by atoms with Crippen molar-refractivity contribution in [1.29, 1.82) is 0 Å². The van der Waals surface area contributed by atoms with Crippen LogP contribution in [0.1, 0.15) is 5.56 Å². The van der Waals surface area contributed by atoms with Crippen molar-refractivity contribution in [3.63, 3.8) is 0 Å². The summed E-state index contributed by atoms with van der Waals surface area (Å²) in [4.78, 5) is 10.7. The van der Waals surface area contributed by atoms with Crippen LogP contribution in [0.25, 0.3) is 11.3 Å². The second-order valence-corrected chi connectivity index (χ2v) is 4.02. The number of hydrogen-bond acceptors (Lipinski definition) is 4. The molecule has 1 aromatic carbocycles. The van der Waals surface area contributed by atoms with Gasteiger partial charge in [-0.05, 0) is 5.56 Å². The average molecular weight is 228 g/mol. The van der Waals surface area contributed by atoms with Gasteiger partial charge >= 0.3 is 0 Å². The Morgan fingerprint density at radius 1 is 1.12 bits per heavy atom. The lowest BCUT2D eigenvalue weighted by Crippen LogP contribution is -2.11. The number of nitrogens with zero attached hydrogens (tertiary/aromatic N) is 3. The van der Waals surface area contributed by atoms with Crippen molar-refractivity contribution in [2.45, 2.75) is 6.54 Å². The molecule has 1 aromatic heterocycles. The fourth-order valence-electron chi connectivity index (χ4n) is 1.64. The van der Waals surface area contributed by atoms with E-state index in [9.17, 15) is 0 Å². The quantitative estimate of drug-likeness (QED) is 0.868. The fraction of sp³-hybridized carbons (Fsp3) is 0.231. The van der Waals surface area contributed by atoms with Crippen molar-refractivity contribution < 1.29 is 0 Å². The van der Waals surface area contributed by atoms with Crippen molar-refractivity contribution in [2.24, 2.45) is 5.73 Å². The zero-order valence-corrected chi connectivity index (χ0v) is 10.1. The molecule has 0 radical (unpaired) electrons. The molecule has 2 N–H and O–H groups in total. The summed E-state index contributed by atoms with van der Waals surface area (Å²) in [6.45, 7) is 0.507. The van der Waals surface area contributed by atoms with Gasteiger partial charge in [0, 0.05) is 26.2 Å². The highest BCUT2D eigenvalue weighted by Gasteiger charge is 2.05. The van der Waals surface area contributed by atoms with E-state index >= 15 is 0 Å². The van der Waals surface area contributed by atoms with Crippen molar-refractivity contribution in [1.82, 2.24) is 9.97 Å². The van der Waals surface area contributed by atoms with Crippen LogP contribution in [0.15, 0.2) is 36.7 Å². The molecule has 4 nitrogen and oxygen atoms in total. The summed E-state index contributed by atoms with van der Waals surface area (Å²) in [6, 6.07) is 7.99. The monoisotopic (exact) mass is 228 g/mol. The third-order valence-corrected chi connectivity index (χ3v) is 2.61. The maximum Gasteiger partial charge on any atom is 0.146 e. The van der Waals surface area contributed by atoms with Gasteiger partial charge in [-0.25, -0.2) is 4.98 Å². The Labute approximate surface area is 101 Å². The number of rotatable bonds is 3. The molecule has 2 rings (SSSR count). The Kier molecular flexibility index (Phi) is 3.35. The summed E-state index contributed by atoms with van der Waals surface area (Å²) in [6.07, 6.45) is 3.55. The van der Waals surface area contributed by atoms with Gasteiger partial charge in [0.2, 0.25) is 0 Å². The molecule has 0 aliphatic heterocycles. The summed E-state index contributed by atoms with van der Waals surface area (Å²) in [7, 11) is 3.88. The van der Waals surface area contributed by atoms with Gasteiger partial charge in [0.05, 0.1) is 18.1 Å². The molecule has 0 bridgehead atoms. The number of anilines is 1. The van der Waals surface area contributed by atoms with Gasteiger partial charge in [-0.15, -0.1) is 0 Å². The van der Waals surface area contributed by atoms with Crippen LogP contribution in [0, 0.1) is 0 Å².